The predicted molar refractivity (Wildman–Crippen MR) is 100 cm³/mol. The van der Waals surface area contributed by atoms with Crippen molar-refractivity contribution in [1.29, 1.82) is 0 Å². The third-order valence-electron chi connectivity index (χ3n) is 4.11. The summed E-state index contributed by atoms with van der Waals surface area (Å²) in [4.78, 5) is 38.2. The summed E-state index contributed by atoms with van der Waals surface area (Å²) < 4.78 is 11.0. The molecule has 0 aromatic heterocycles. The van der Waals surface area contributed by atoms with Gasteiger partial charge in [0.25, 0.3) is 0 Å². The maximum absolute atomic E-state index is 12.6. The zero-order valence-electron chi connectivity index (χ0n) is 14.7. The molecule has 0 aromatic carbocycles. The molecule has 25 heavy (non-hydrogen) atoms. The van der Waals surface area contributed by atoms with Crippen molar-refractivity contribution in [2.45, 2.75) is 45.6 Å². The first-order valence-corrected chi connectivity index (χ1v) is 10.0. The van der Waals surface area contributed by atoms with Crippen LogP contribution in [-0.4, -0.2) is 58.1 Å². The molecule has 0 spiro atoms. The van der Waals surface area contributed by atoms with Crippen molar-refractivity contribution in [3.05, 3.63) is 12.3 Å². The van der Waals surface area contributed by atoms with E-state index in [0.717, 1.165) is 10.8 Å². The fraction of sp³-hybridized carbons (Fsp3) is 0.706. The van der Waals surface area contributed by atoms with Gasteiger partial charge in [-0.05, 0) is 56.2 Å². The Balaban J connectivity index is 3.17. The minimum atomic E-state index is -1.54. The van der Waals surface area contributed by atoms with E-state index in [0.29, 0.717) is 19.4 Å². The number of rotatable bonds is 10. The highest BCUT2D eigenvalue weighted by Gasteiger charge is 2.46. The van der Waals surface area contributed by atoms with Crippen LogP contribution >= 0.6 is 22.6 Å². The second-order valence-corrected chi connectivity index (χ2v) is 6.83. The molecule has 0 aliphatic carbocycles. The van der Waals surface area contributed by atoms with Gasteiger partial charge in [-0.25, -0.2) is 4.79 Å². The Morgan fingerprint density at radius 2 is 1.84 bits per heavy atom. The molecular formula is C17H26INO6. The van der Waals surface area contributed by atoms with Gasteiger partial charge < -0.3 is 19.5 Å². The van der Waals surface area contributed by atoms with E-state index < -0.39 is 29.4 Å². The van der Waals surface area contributed by atoms with Crippen molar-refractivity contribution in [3.63, 3.8) is 0 Å². The second kappa shape index (κ2) is 10.6. The fourth-order valence-electron chi connectivity index (χ4n) is 2.83. The molecule has 142 valence electrons. The first kappa shape index (κ1) is 21.7. The molecule has 1 atom stereocenters. The van der Waals surface area contributed by atoms with Crippen molar-refractivity contribution in [3.8, 4) is 0 Å². The highest BCUT2D eigenvalue weighted by Crippen LogP contribution is 2.32. The van der Waals surface area contributed by atoms with Crippen LogP contribution in [-0.2, 0) is 23.9 Å². The van der Waals surface area contributed by atoms with Gasteiger partial charge >= 0.3 is 17.9 Å². The largest absolute Gasteiger partial charge is 0.480 e. The molecule has 1 N–H and O–H groups in total. The fourth-order valence-corrected chi connectivity index (χ4v) is 3.21. The first-order valence-electron chi connectivity index (χ1n) is 8.51. The van der Waals surface area contributed by atoms with Crippen LogP contribution < -0.4 is 0 Å². The van der Waals surface area contributed by atoms with Gasteiger partial charge in [-0.3, -0.25) is 9.59 Å². The highest BCUT2D eigenvalue weighted by molar-refractivity contribution is 14.1. The molecule has 0 bridgehead atoms. The Hall–Kier alpha value is -1.32. The van der Waals surface area contributed by atoms with Crippen LogP contribution in [0.2, 0.25) is 0 Å². The number of carbonyl (C=O) groups excluding carboxylic acids is 2. The van der Waals surface area contributed by atoms with E-state index in [1.807, 2.05) is 0 Å². The van der Waals surface area contributed by atoms with Crippen LogP contribution in [0.3, 0.4) is 0 Å². The Labute approximate surface area is 161 Å². The zero-order chi connectivity index (χ0) is 18.9. The van der Waals surface area contributed by atoms with E-state index in [1.165, 1.54) is 6.08 Å². The number of esters is 2. The van der Waals surface area contributed by atoms with Gasteiger partial charge in [0, 0.05) is 6.54 Å². The van der Waals surface area contributed by atoms with Crippen LogP contribution in [0.15, 0.2) is 12.3 Å². The van der Waals surface area contributed by atoms with Crippen LogP contribution in [0.4, 0.5) is 0 Å². The lowest BCUT2D eigenvalue weighted by Crippen LogP contribution is -2.41. The lowest BCUT2D eigenvalue weighted by atomic mass is 9.83. The third-order valence-corrected chi connectivity index (χ3v) is 4.88. The second-order valence-electron chi connectivity index (χ2n) is 5.75. The standard InChI is InChI=1S/C17H26INO6/c1-3-24-15(22)17(8-6-10-18,16(23)25-4-2)9-12-19-11-5-7-13(19)14(20)21/h9,12-13H,3-8,10-11H2,1-2H3,(H,20,21)/b12-9+/t13-/m0/s1. The highest BCUT2D eigenvalue weighted by atomic mass is 127. The molecule has 1 aliphatic rings. The van der Waals surface area contributed by atoms with Gasteiger partial charge in [-0.2, -0.15) is 0 Å². The number of ether oxygens (including phenoxy) is 2. The summed E-state index contributed by atoms with van der Waals surface area (Å²) in [7, 11) is 0. The molecule has 1 aliphatic heterocycles. The molecule has 0 amide bonds. The zero-order valence-corrected chi connectivity index (χ0v) is 16.9. The molecule has 0 aromatic rings. The van der Waals surface area contributed by atoms with E-state index in [-0.39, 0.29) is 19.6 Å². The Bertz CT molecular complexity index is 489. The van der Waals surface area contributed by atoms with Gasteiger partial charge in [0.15, 0.2) is 5.41 Å². The van der Waals surface area contributed by atoms with Crippen molar-refractivity contribution in [1.82, 2.24) is 4.90 Å². The minimum absolute atomic E-state index is 0.152. The van der Waals surface area contributed by atoms with Crippen LogP contribution in [0, 0.1) is 5.41 Å². The molecule has 0 radical (unpaired) electrons. The van der Waals surface area contributed by atoms with Crippen LogP contribution in [0.1, 0.15) is 39.5 Å². The number of carboxylic acids is 1. The topological polar surface area (TPSA) is 93.1 Å². The summed E-state index contributed by atoms with van der Waals surface area (Å²) in [6, 6.07) is -0.636. The Kier molecular flexibility index (Phi) is 9.23. The average molecular weight is 467 g/mol. The van der Waals surface area contributed by atoms with E-state index in [2.05, 4.69) is 22.6 Å². The van der Waals surface area contributed by atoms with Gasteiger partial charge in [-0.1, -0.05) is 22.6 Å². The van der Waals surface area contributed by atoms with Crippen molar-refractivity contribution < 1.29 is 29.0 Å². The van der Waals surface area contributed by atoms with Gasteiger partial charge in [0.1, 0.15) is 6.04 Å². The van der Waals surface area contributed by atoms with Crippen LogP contribution in [0.25, 0.3) is 0 Å². The van der Waals surface area contributed by atoms with E-state index in [1.54, 1.807) is 24.9 Å². The van der Waals surface area contributed by atoms with E-state index >= 15 is 0 Å². The normalized spacial score (nSPS) is 17.7. The average Bonchev–Trinajstić information content (AvgIpc) is 3.04. The lowest BCUT2D eigenvalue weighted by Gasteiger charge is -2.27. The molecule has 7 nitrogen and oxygen atoms in total. The van der Waals surface area contributed by atoms with Gasteiger partial charge in [0.2, 0.25) is 0 Å². The number of carboxylic acid groups (broad SMARTS) is 1. The molecule has 0 saturated carbocycles. The number of alkyl halides is 1. The molecular weight excluding hydrogens is 441 g/mol. The number of hydrogen-bond donors (Lipinski definition) is 1. The molecule has 1 rings (SSSR count). The minimum Gasteiger partial charge on any atom is -0.480 e. The molecule has 0 unspecified atom stereocenters. The molecule has 1 saturated heterocycles. The summed E-state index contributed by atoms with van der Waals surface area (Å²) in [6.45, 7) is 4.23. The smallest absolute Gasteiger partial charge is 0.327 e. The van der Waals surface area contributed by atoms with Gasteiger partial charge in [0.05, 0.1) is 13.2 Å². The summed E-state index contributed by atoms with van der Waals surface area (Å²) in [5, 5.41) is 9.28. The van der Waals surface area contributed by atoms with Crippen molar-refractivity contribution >= 4 is 40.5 Å². The van der Waals surface area contributed by atoms with E-state index in [4.69, 9.17) is 9.47 Å². The van der Waals surface area contributed by atoms with E-state index in [9.17, 15) is 19.5 Å². The van der Waals surface area contributed by atoms with Crippen LogP contribution in [0.5, 0.6) is 0 Å². The summed E-state index contributed by atoms with van der Waals surface area (Å²) in [6.07, 6.45) is 5.20. The van der Waals surface area contributed by atoms with Crippen molar-refractivity contribution in [2.24, 2.45) is 5.41 Å². The third kappa shape index (κ3) is 5.58. The Morgan fingerprint density at radius 3 is 2.32 bits per heavy atom. The number of likely N-dealkylation sites (tertiary alicyclic amines) is 1. The number of carbonyl (C=O) groups is 3. The monoisotopic (exact) mass is 467 g/mol. The summed E-state index contributed by atoms with van der Waals surface area (Å²) in [5.41, 5.74) is -1.54. The molecule has 1 fully saturated rings. The number of nitrogens with zero attached hydrogens (tertiary/aromatic N) is 1. The maximum Gasteiger partial charge on any atom is 0.327 e. The lowest BCUT2D eigenvalue weighted by molar-refractivity contribution is -0.168. The molecule has 8 heteroatoms. The molecule has 1 heterocycles. The number of hydrogen-bond acceptors (Lipinski definition) is 6. The van der Waals surface area contributed by atoms with Crippen molar-refractivity contribution in [2.75, 3.05) is 24.2 Å². The Morgan fingerprint density at radius 1 is 1.24 bits per heavy atom. The quantitative estimate of drug-likeness (QED) is 0.228. The first-order chi connectivity index (χ1) is 11.9. The number of aliphatic carboxylic acids is 1. The predicted octanol–water partition coefficient (Wildman–Crippen LogP) is 2.38. The maximum atomic E-state index is 12.6. The summed E-state index contributed by atoms with van der Waals surface area (Å²) >= 11 is 2.18. The SMILES string of the molecule is CCOC(=O)C(/C=C/N1CCC[C@H]1C(=O)O)(CCCI)C(=O)OCC. The van der Waals surface area contributed by atoms with Gasteiger partial charge in [-0.15, -0.1) is 0 Å². The summed E-state index contributed by atoms with van der Waals surface area (Å²) in [5.74, 6) is -2.21. The number of halogens is 1.